The van der Waals surface area contributed by atoms with Gasteiger partial charge in [0.05, 0.1) is 32.5 Å². The monoisotopic (exact) mass is 756 g/mol. The zero-order valence-electron chi connectivity index (χ0n) is 28.3. The van der Waals surface area contributed by atoms with Crippen LogP contribution in [0.4, 0.5) is 0 Å². The Morgan fingerprint density at radius 3 is 2.17 bits per heavy atom. The van der Waals surface area contributed by atoms with Crippen molar-refractivity contribution in [3.8, 4) is 23.0 Å². The summed E-state index contributed by atoms with van der Waals surface area (Å²) in [5.74, 6) is -2.62. The first-order chi connectivity index (χ1) is 25.1. The minimum atomic E-state index is -2.14. The number of phenolic OH excluding ortho intramolecular Hbond substituents is 4. The Kier molecular flexibility index (Phi) is 13.2. The van der Waals surface area contributed by atoms with Crippen LogP contribution >= 0.6 is 0 Å². The number of hydrogen-bond acceptors (Lipinski definition) is 19. The highest BCUT2D eigenvalue weighted by atomic mass is 16.8. The molecule has 11 N–H and O–H groups in total. The summed E-state index contributed by atoms with van der Waals surface area (Å²) in [5, 5.41) is 112. The minimum Gasteiger partial charge on any atom is -0.504 e. The molecule has 0 unspecified atom stereocenters. The van der Waals surface area contributed by atoms with E-state index in [1.54, 1.807) is 0 Å². The number of carbonyl (C=O) groups is 1. The number of rotatable bonds is 13. The summed E-state index contributed by atoms with van der Waals surface area (Å²) in [6.45, 7) is -0.819. The summed E-state index contributed by atoms with van der Waals surface area (Å²) in [6, 6.07) is 7.82. The number of benzene rings is 2. The number of aliphatic hydroxyl groups excluding tert-OH is 6. The SMILES string of the molecule is C[C@@H]1O[C@@H](OC[C@H]2O[C@@H](OCCc3ccc(O)c(O)c3)[C@H](O)[C@@H](O[C@@H]3OC[C@](O)(CO)[C@H]3O)[C@@H]2OC(=O)/C=C/c2ccc(O)c(O)c2)[C@H](O)[C@H](O)[C@H]1O. The van der Waals surface area contributed by atoms with E-state index in [0.29, 0.717) is 5.56 Å². The Labute approximate surface area is 302 Å². The first kappa shape index (κ1) is 40.5. The highest BCUT2D eigenvalue weighted by Gasteiger charge is 2.55. The summed E-state index contributed by atoms with van der Waals surface area (Å²) in [6.07, 6.45) is -16.7. The van der Waals surface area contributed by atoms with Gasteiger partial charge in [0.1, 0.15) is 48.3 Å². The molecule has 0 spiro atoms. The van der Waals surface area contributed by atoms with Crippen LogP contribution in [0.2, 0.25) is 0 Å². The normalized spacial score (nSPS) is 36.2. The molecule has 3 aliphatic rings. The molecule has 53 heavy (non-hydrogen) atoms. The molecule has 2 aromatic rings. The van der Waals surface area contributed by atoms with E-state index in [4.69, 9.17) is 33.2 Å². The molecule has 0 amide bonds. The molecule has 3 saturated heterocycles. The number of aliphatic hydroxyl groups is 7. The molecule has 0 aromatic heterocycles. The molecule has 2 aromatic carbocycles. The summed E-state index contributed by atoms with van der Waals surface area (Å²) in [4.78, 5) is 13.2. The lowest BCUT2D eigenvalue weighted by Crippen LogP contribution is -2.63. The van der Waals surface area contributed by atoms with Gasteiger partial charge in [0.15, 0.2) is 48.0 Å². The fourth-order valence-corrected chi connectivity index (χ4v) is 5.87. The van der Waals surface area contributed by atoms with Gasteiger partial charge in [-0.2, -0.15) is 0 Å². The zero-order valence-corrected chi connectivity index (χ0v) is 28.3. The van der Waals surface area contributed by atoms with Gasteiger partial charge >= 0.3 is 5.97 Å². The molecule has 0 radical (unpaired) electrons. The standard InChI is InChI=1S/C34H44O19/c1-15-24(41)25(42)26(43)31(50-15)48-12-22-28(52-23(40)7-4-16-2-5-18(36)20(38)10-16)29(53-33-30(45)34(46,13-35)14-49-33)27(44)32(51-22)47-9-8-17-3-6-19(37)21(39)11-17/h2-7,10-11,15,22,24-33,35-39,41-46H,8-9,12-14H2,1H3/b7-4+/t15-,22+,24-,25+,26+,27+,28+,29+,30-,31+,32+,33-,34+/m0/s1. The van der Waals surface area contributed by atoms with Gasteiger partial charge in [0.2, 0.25) is 0 Å². The lowest BCUT2D eigenvalue weighted by molar-refractivity contribution is -0.344. The Balaban J connectivity index is 1.41. The van der Waals surface area contributed by atoms with Crippen LogP contribution in [-0.4, -0.2) is 168 Å². The molecule has 3 aliphatic heterocycles. The molecular formula is C34H44O19. The van der Waals surface area contributed by atoms with Gasteiger partial charge in [-0.1, -0.05) is 12.1 Å². The van der Waals surface area contributed by atoms with Crippen LogP contribution in [0.5, 0.6) is 23.0 Å². The number of ether oxygens (including phenoxy) is 7. The topological polar surface area (TPSA) is 304 Å². The summed E-state index contributed by atoms with van der Waals surface area (Å²) in [5.41, 5.74) is -1.33. The van der Waals surface area contributed by atoms with E-state index in [9.17, 15) is 61.0 Å². The third-order valence-electron chi connectivity index (χ3n) is 9.09. The number of phenols is 4. The highest BCUT2D eigenvalue weighted by molar-refractivity contribution is 5.87. The van der Waals surface area contributed by atoms with Gasteiger partial charge in [0.25, 0.3) is 0 Å². The first-order valence-corrected chi connectivity index (χ1v) is 16.6. The largest absolute Gasteiger partial charge is 0.504 e. The molecule has 0 aliphatic carbocycles. The van der Waals surface area contributed by atoms with Gasteiger partial charge in [-0.25, -0.2) is 4.79 Å². The van der Waals surface area contributed by atoms with E-state index in [1.165, 1.54) is 49.4 Å². The van der Waals surface area contributed by atoms with Crippen molar-refractivity contribution in [3.63, 3.8) is 0 Å². The van der Waals surface area contributed by atoms with Gasteiger partial charge in [-0.05, 0) is 54.8 Å². The Bertz CT molecular complexity index is 1570. The van der Waals surface area contributed by atoms with Gasteiger partial charge in [-0.15, -0.1) is 0 Å². The highest BCUT2D eigenvalue weighted by Crippen LogP contribution is 2.34. The lowest BCUT2D eigenvalue weighted by Gasteiger charge is -2.45. The van der Waals surface area contributed by atoms with Crippen LogP contribution in [0.15, 0.2) is 42.5 Å². The molecular weight excluding hydrogens is 712 g/mol. The van der Waals surface area contributed by atoms with Gasteiger partial charge < -0.3 is 89.3 Å². The molecule has 294 valence electrons. The Morgan fingerprint density at radius 1 is 0.830 bits per heavy atom. The van der Waals surface area contributed by atoms with Crippen LogP contribution in [0, 0.1) is 0 Å². The third kappa shape index (κ3) is 9.35. The van der Waals surface area contributed by atoms with Gasteiger partial charge in [-0.3, -0.25) is 0 Å². The van der Waals surface area contributed by atoms with Crippen LogP contribution in [0.25, 0.3) is 6.08 Å². The maximum atomic E-state index is 13.2. The van der Waals surface area contributed by atoms with Crippen molar-refractivity contribution < 1.29 is 94.1 Å². The maximum Gasteiger partial charge on any atom is 0.331 e. The molecule has 5 rings (SSSR count). The number of esters is 1. The minimum absolute atomic E-state index is 0.136. The van der Waals surface area contributed by atoms with Crippen molar-refractivity contribution in [3.05, 3.63) is 53.6 Å². The Hall–Kier alpha value is -3.67. The van der Waals surface area contributed by atoms with E-state index in [1.807, 2.05) is 0 Å². The average Bonchev–Trinajstić information content (AvgIpc) is 3.42. The maximum absolute atomic E-state index is 13.2. The molecule has 0 bridgehead atoms. The lowest BCUT2D eigenvalue weighted by atomic mass is 9.97. The van der Waals surface area contributed by atoms with Crippen LogP contribution < -0.4 is 0 Å². The third-order valence-corrected chi connectivity index (χ3v) is 9.09. The van der Waals surface area contributed by atoms with Crippen molar-refractivity contribution in [1.82, 2.24) is 0 Å². The predicted octanol–water partition coefficient (Wildman–Crippen LogP) is -2.55. The second-order valence-electron chi connectivity index (χ2n) is 13.0. The number of aromatic hydroxyl groups is 4. The van der Waals surface area contributed by atoms with E-state index < -0.39 is 117 Å². The van der Waals surface area contributed by atoms with Gasteiger partial charge in [0, 0.05) is 6.08 Å². The fourth-order valence-electron chi connectivity index (χ4n) is 5.87. The fraction of sp³-hybridized carbons (Fsp3) is 0.559. The first-order valence-electron chi connectivity index (χ1n) is 16.6. The van der Waals surface area contributed by atoms with E-state index in [0.717, 1.165) is 6.08 Å². The van der Waals surface area contributed by atoms with Crippen molar-refractivity contribution in [1.29, 1.82) is 0 Å². The molecule has 19 nitrogen and oxygen atoms in total. The molecule has 19 heteroatoms. The van der Waals surface area contributed by atoms with E-state index >= 15 is 0 Å². The Morgan fingerprint density at radius 2 is 1.51 bits per heavy atom. The van der Waals surface area contributed by atoms with E-state index in [2.05, 4.69) is 0 Å². The average molecular weight is 757 g/mol. The number of hydrogen-bond donors (Lipinski definition) is 11. The second-order valence-corrected chi connectivity index (χ2v) is 13.0. The zero-order chi connectivity index (χ0) is 38.6. The van der Waals surface area contributed by atoms with Crippen LogP contribution in [0.3, 0.4) is 0 Å². The summed E-state index contributed by atoms with van der Waals surface area (Å²) < 4.78 is 40.0. The number of carbonyl (C=O) groups excluding carboxylic acids is 1. The van der Waals surface area contributed by atoms with Crippen molar-refractivity contribution in [2.45, 2.75) is 92.8 Å². The van der Waals surface area contributed by atoms with Crippen molar-refractivity contribution in [2.75, 3.05) is 26.4 Å². The predicted molar refractivity (Wildman–Crippen MR) is 174 cm³/mol. The quantitative estimate of drug-likeness (QED) is 0.0569. The molecule has 3 fully saturated rings. The second kappa shape index (κ2) is 17.2. The van der Waals surface area contributed by atoms with Crippen molar-refractivity contribution >= 4 is 12.0 Å². The summed E-state index contributed by atoms with van der Waals surface area (Å²) >= 11 is 0. The summed E-state index contributed by atoms with van der Waals surface area (Å²) in [7, 11) is 0. The smallest absolute Gasteiger partial charge is 0.331 e. The van der Waals surface area contributed by atoms with Crippen molar-refractivity contribution in [2.24, 2.45) is 0 Å². The van der Waals surface area contributed by atoms with Crippen LogP contribution in [0.1, 0.15) is 18.1 Å². The van der Waals surface area contributed by atoms with Crippen LogP contribution in [-0.2, 0) is 44.4 Å². The molecule has 0 saturated carbocycles. The van der Waals surface area contributed by atoms with E-state index in [-0.39, 0.29) is 30.1 Å². The molecule has 13 atom stereocenters. The molecule has 3 heterocycles.